The maximum atomic E-state index is 14.7. The first kappa shape index (κ1) is 22.8. The Morgan fingerprint density at radius 1 is 1.28 bits per heavy atom. The van der Waals surface area contributed by atoms with Gasteiger partial charge in [-0.3, -0.25) is 4.79 Å². The first-order valence-electron chi connectivity index (χ1n) is 10.7. The van der Waals surface area contributed by atoms with Gasteiger partial charge in [-0.1, -0.05) is 11.6 Å². The summed E-state index contributed by atoms with van der Waals surface area (Å²) < 4.78 is 26.2. The maximum absolute atomic E-state index is 14.7. The Kier molecular flexibility index (Phi) is 5.83. The molecule has 0 saturated carbocycles. The van der Waals surface area contributed by atoms with E-state index in [4.69, 9.17) is 21.1 Å². The molecule has 2 aromatic heterocycles. The van der Waals surface area contributed by atoms with E-state index in [0.717, 1.165) is 12.8 Å². The fourth-order valence-corrected chi connectivity index (χ4v) is 4.69. The quantitative estimate of drug-likeness (QED) is 0.672. The molecule has 8 nitrogen and oxygen atoms in total. The zero-order valence-electron chi connectivity index (χ0n) is 18.8. The summed E-state index contributed by atoms with van der Waals surface area (Å²) in [7, 11) is 0. The van der Waals surface area contributed by atoms with Crippen molar-refractivity contribution in [2.45, 2.75) is 71.2 Å². The minimum absolute atomic E-state index is 0.0252. The standard InChI is InChI=1S/C22H28ClFN4O4/c1-10-11(2)25-19(29)16-15(10)17(24)18(23)27-20(16)31-9-13-14-7-6-12(26-13)8-28(14)21(30)32-22(3,4)5/h12-14,26H,6-9H2,1-5H3,(H,25,29). The van der Waals surface area contributed by atoms with E-state index < -0.39 is 17.0 Å². The molecule has 5 rings (SSSR count). The molecule has 2 N–H and O–H groups in total. The predicted octanol–water partition coefficient (Wildman–Crippen LogP) is 3.45. The second kappa shape index (κ2) is 8.19. The van der Waals surface area contributed by atoms with Crippen molar-refractivity contribution in [1.82, 2.24) is 20.2 Å². The summed E-state index contributed by atoms with van der Waals surface area (Å²) in [6.45, 7) is 9.61. The lowest BCUT2D eigenvalue weighted by molar-refractivity contribution is -0.0215. The molecule has 3 saturated heterocycles. The molecule has 3 aliphatic heterocycles. The molecule has 32 heavy (non-hydrogen) atoms. The Labute approximate surface area is 190 Å². The zero-order chi connectivity index (χ0) is 23.4. The molecule has 3 fully saturated rings. The number of hydrogen-bond acceptors (Lipinski definition) is 6. The molecular weight excluding hydrogens is 439 g/mol. The highest BCUT2D eigenvalue weighted by atomic mass is 35.5. The van der Waals surface area contributed by atoms with E-state index in [0.29, 0.717) is 17.8 Å². The van der Waals surface area contributed by atoms with Crippen LogP contribution in [-0.2, 0) is 4.74 Å². The van der Waals surface area contributed by atoms with Crippen LogP contribution in [0.5, 0.6) is 5.88 Å². The van der Waals surface area contributed by atoms with Crippen LogP contribution in [0.1, 0.15) is 44.9 Å². The van der Waals surface area contributed by atoms with E-state index in [2.05, 4.69) is 15.3 Å². The van der Waals surface area contributed by atoms with Gasteiger partial charge < -0.3 is 24.7 Å². The Morgan fingerprint density at radius 2 is 2.00 bits per heavy atom. The minimum atomic E-state index is -0.744. The summed E-state index contributed by atoms with van der Waals surface area (Å²) in [6.07, 6.45) is 1.40. The SMILES string of the molecule is Cc1[nH]c(=O)c2c(OCC3NC4CCC3N(C(=O)OC(C)(C)C)C4)nc(Cl)c(F)c2c1C. The number of carbonyl (C=O) groups excluding carboxylic acids is 1. The number of aryl methyl sites for hydroxylation is 2. The molecule has 0 aliphatic carbocycles. The van der Waals surface area contributed by atoms with Crippen LogP contribution in [0, 0.1) is 19.7 Å². The molecule has 1 amide bonds. The fourth-order valence-electron chi connectivity index (χ4n) is 4.51. The van der Waals surface area contributed by atoms with Gasteiger partial charge in [-0.25, -0.2) is 9.18 Å². The highest BCUT2D eigenvalue weighted by Gasteiger charge is 2.44. The van der Waals surface area contributed by atoms with Crippen molar-refractivity contribution in [2.24, 2.45) is 0 Å². The van der Waals surface area contributed by atoms with E-state index in [9.17, 15) is 14.0 Å². The predicted molar refractivity (Wildman–Crippen MR) is 119 cm³/mol. The molecule has 174 valence electrons. The smallest absolute Gasteiger partial charge is 0.410 e. The van der Waals surface area contributed by atoms with Crippen LogP contribution in [0.4, 0.5) is 9.18 Å². The summed E-state index contributed by atoms with van der Waals surface area (Å²) >= 11 is 6.02. The van der Waals surface area contributed by atoms with E-state index in [-0.39, 0.29) is 52.6 Å². The van der Waals surface area contributed by atoms with Gasteiger partial charge in [0.2, 0.25) is 5.88 Å². The van der Waals surface area contributed by atoms with Crippen LogP contribution in [0.15, 0.2) is 4.79 Å². The Morgan fingerprint density at radius 3 is 2.66 bits per heavy atom. The number of pyridine rings is 2. The van der Waals surface area contributed by atoms with Gasteiger partial charge in [-0.2, -0.15) is 4.98 Å². The molecule has 0 radical (unpaired) electrons. The van der Waals surface area contributed by atoms with Gasteiger partial charge in [0.05, 0.1) is 12.1 Å². The van der Waals surface area contributed by atoms with Gasteiger partial charge in [0.25, 0.3) is 5.56 Å². The number of fused-ring (bicyclic) bond motifs is 4. The van der Waals surface area contributed by atoms with Crippen molar-refractivity contribution < 1.29 is 18.7 Å². The number of H-pyrrole nitrogens is 1. The number of halogens is 2. The minimum Gasteiger partial charge on any atom is -0.475 e. The first-order chi connectivity index (χ1) is 15.0. The molecule has 10 heteroatoms. The number of carbonyl (C=O) groups is 1. The van der Waals surface area contributed by atoms with E-state index >= 15 is 0 Å². The van der Waals surface area contributed by atoms with Crippen LogP contribution in [0.25, 0.3) is 10.8 Å². The number of piperazine rings is 1. The van der Waals surface area contributed by atoms with Crippen LogP contribution in [-0.4, -0.2) is 57.8 Å². The molecule has 3 atom stereocenters. The number of aromatic amines is 1. The van der Waals surface area contributed by atoms with E-state index in [1.165, 1.54) is 0 Å². The molecule has 3 aliphatic rings. The molecule has 0 spiro atoms. The third kappa shape index (κ3) is 4.15. The van der Waals surface area contributed by atoms with Gasteiger partial charge in [0, 0.05) is 23.7 Å². The Hall–Kier alpha value is -2.39. The highest BCUT2D eigenvalue weighted by Crippen LogP contribution is 2.32. The molecule has 0 aromatic carbocycles. The summed E-state index contributed by atoms with van der Waals surface area (Å²) in [4.78, 5) is 33.8. The number of ether oxygens (including phenoxy) is 2. The van der Waals surface area contributed by atoms with Gasteiger partial charge in [-0.05, 0) is 53.0 Å². The number of piperidine rings is 2. The second-order valence-corrected chi connectivity index (χ2v) is 9.89. The lowest BCUT2D eigenvalue weighted by Crippen LogP contribution is -2.69. The van der Waals surface area contributed by atoms with Crippen molar-refractivity contribution >= 4 is 28.5 Å². The van der Waals surface area contributed by atoms with Gasteiger partial charge in [0.1, 0.15) is 17.6 Å². The number of amides is 1. The van der Waals surface area contributed by atoms with E-state index in [1.54, 1.807) is 18.7 Å². The lowest BCUT2D eigenvalue weighted by atomic mass is 9.87. The van der Waals surface area contributed by atoms with Crippen LogP contribution >= 0.6 is 11.6 Å². The van der Waals surface area contributed by atoms with Gasteiger partial charge in [0.15, 0.2) is 11.0 Å². The first-order valence-corrected chi connectivity index (χ1v) is 11.1. The van der Waals surface area contributed by atoms with Crippen LogP contribution < -0.4 is 15.6 Å². The van der Waals surface area contributed by atoms with Crippen LogP contribution in [0.3, 0.4) is 0 Å². The average Bonchev–Trinajstić information content (AvgIpc) is 2.71. The van der Waals surface area contributed by atoms with E-state index in [1.807, 2.05) is 20.8 Å². The summed E-state index contributed by atoms with van der Waals surface area (Å²) in [5.74, 6) is -0.769. The van der Waals surface area contributed by atoms with Crippen LogP contribution in [0.2, 0.25) is 5.15 Å². The maximum Gasteiger partial charge on any atom is 0.410 e. The molecule has 3 unspecified atom stereocenters. The Bertz CT molecular complexity index is 1120. The molecule has 2 aromatic rings. The number of aromatic nitrogens is 2. The third-order valence-corrected chi connectivity index (χ3v) is 6.35. The lowest BCUT2D eigenvalue weighted by Gasteiger charge is -2.50. The molecule has 2 bridgehead atoms. The highest BCUT2D eigenvalue weighted by molar-refractivity contribution is 6.30. The Balaban J connectivity index is 1.60. The molecular formula is C22H28ClFN4O4. The monoisotopic (exact) mass is 466 g/mol. The number of rotatable bonds is 3. The van der Waals surface area contributed by atoms with Crippen molar-refractivity contribution in [3.05, 3.63) is 32.6 Å². The number of nitrogens with zero attached hydrogens (tertiary/aromatic N) is 2. The topological polar surface area (TPSA) is 96.6 Å². The number of nitrogens with one attached hydrogen (secondary N) is 2. The largest absolute Gasteiger partial charge is 0.475 e. The summed E-state index contributed by atoms with van der Waals surface area (Å²) in [6, 6.07) is -0.198. The number of hydrogen-bond donors (Lipinski definition) is 2. The van der Waals surface area contributed by atoms with Gasteiger partial charge in [-0.15, -0.1) is 0 Å². The summed E-state index contributed by atoms with van der Waals surface area (Å²) in [5, 5.41) is 3.27. The third-order valence-electron chi connectivity index (χ3n) is 6.10. The average molecular weight is 467 g/mol. The van der Waals surface area contributed by atoms with Crippen molar-refractivity contribution in [3.8, 4) is 5.88 Å². The zero-order valence-corrected chi connectivity index (χ0v) is 19.6. The fraction of sp³-hybridized carbons (Fsp3) is 0.591. The van der Waals surface area contributed by atoms with Gasteiger partial charge >= 0.3 is 6.09 Å². The normalized spacial score (nSPS) is 23.0. The molecule has 5 heterocycles. The van der Waals surface area contributed by atoms with Crippen molar-refractivity contribution in [2.75, 3.05) is 13.2 Å². The van der Waals surface area contributed by atoms with Crippen molar-refractivity contribution in [1.29, 1.82) is 0 Å². The van der Waals surface area contributed by atoms with Crippen molar-refractivity contribution in [3.63, 3.8) is 0 Å². The second-order valence-electron chi connectivity index (χ2n) is 9.53. The summed E-state index contributed by atoms with van der Waals surface area (Å²) in [5.41, 5.74) is 0.0403.